The van der Waals surface area contributed by atoms with Gasteiger partial charge in [0, 0.05) is 16.7 Å². The Morgan fingerprint density at radius 1 is 0.975 bits per heavy atom. The fourth-order valence-corrected chi connectivity index (χ4v) is 4.71. The highest BCUT2D eigenvalue weighted by Gasteiger charge is 2.44. The molecule has 0 bridgehead atoms. The maximum absolute atomic E-state index is 13.0. The summed E-state index contributed by atoms with van der Waals surface area (Å²) in [6.45, 7) is 3.46. The summed E-state index contributed by atoms with van der Waals surface area (Å²) in [5, 5.41) is 9.41. The van der Waals surface area contributed by atoms with E-state index in [1.807, 2.05) is 6.92 Å². The standard InChI is InChI=1S/C27H27N7O5S/c1-16(28)24(35)31-22-8-4-7-21(30-22)25-32-23(33-39-25)17-9-11-20(12-10-17)40(37,38)34-19-6-3-5-18(15-19)29-26(36)27(2)13-14-27/h3-12,15-16,34H,13-14,28H2,1-2H3,(H,29,36)(H,30,31,35)/t16-/m1/s1. The average Bonchev–Trinajstić information content (AvgIpc) is 3.49. The Hall–Kier alpha value is -4.62. The number of nitrogens with two attached hydrogens (primary N) is 1. The zero-order valence-corrected chi connectivity index (χ0v) is 22.5. The number of aromatic nitrogens is 3. The molecule has 40 heavy (non-hydrogen) atoms. The van der Waals surface area contributed by atoms with Crippen LogP contribution in [0.5, 0.6) is 0 Å². The quantitative estimate of drug-likeness (QED) is 0.237. The van der Waals surface area contributed by atoms with Gasteiger partial charge in [-0.05, 0) is 74.4 Å². The van der Waals surface area contributed by atoms with E-state index in [0.29, 0.717) is 22.6 Å². The fraction of sp³-hybridized carbons (Fsp3) is 0.222. The SMILES string of the molecule is C[C@@H](N)C(=O)Nc1cccc(-c2nc(-c3ccc(S(=O)(=O)Nc4cccc(NC(=O)C5(C)CC5)c4)cc3)no2)n1. The minimum Gasteiger partial charge on any atom is -0.332 e. The van der Waals surface area contributed by atoms with Crippen LogP contribution in [0.4, 0.5) is 17.2 Å². The molecule has 5 rings (SSSR count). The van der Waals surface area contributed by atoms with Crippen LogP contribution in [0.1, 0.15) is 26.7 Å². The van der Waals surface area contributed by atoms with Gasteiger partial charge in [-0.15, -0.1) is 0 Å². The highest BCUT2D eigenvalue weighted by molar-refractivity contribution is 7.92. The maximum atomic E-state index is 13.0. The Morgan fingerprint density at radius 2 is 1.68 bits per heavy atom. The number of carbonyl (C=O) groups is 2. The van der Waals surface area contributed by atoms with Crippen LogP contribution in [0.3, 0.4) is 0 Å². The van der Waals surface area contributed by atoms with Gasteiger partial charge in [-0.1, -0.05) is 24.2 Å². The van der Waals surface area contributed by atoms with Gasteiger partial charge in [0.15, 0.2) is 0 Å². The molecule has 13 heteroatoms. The van der Waals surface area contributed by atoms with Crippen LogP contribution in [0.25, 0.3) is 23.0 Å². The molecule has 1 fully saturated rings. The molecule has 2 aromatic heterocycles. The lowest BCUT2D eigenvalue weighted by Gasteiger charge is -2.12. The van der Waals surface area contributed by atoms with Crippen molar-refractivity contribution in [3.8, 4) is 23.0 Å². The van der Waals surface area contributed by atoms with Crippen molar-refractivity contribution in [3.05, 3.63) is 66.7 Å². The van der Waals surface area contributed by atoms with Gasteiger partial charge >= 0.3 is 0 Å². The minimum absolute atomic E-state index is 0.0270. The van der Waals surface area contributed by atoms with Gasteiger partial charge in [0.1, 0.15) is 11.5 Å². The molecule has 1 saturated carbocycles. The minimum atomic E-state index is -3.91. The Balaban J connectivity index is 1.28. The molecule has 2 heterocycles. The number of hydrogen-bond acceptors (Lipinski definition) is 9. The lowest BCUT2D eigenvalue weighted by Crippen LogP contribution is -2.32. The summed E-state index contributed by atoms with van der Waals surface area (Å²) < 4.78 is 33.9. The first-order valence-corrected chi connectivity index (χ1v) is 13.9. The van der Waals surface area contributed by atoms with Crippen molar-refractivity contribution in [3.63, 3.8) is 0 Å². The van der Waals surface area contributed by atoms with Crippen molar-refractivity contribution in [1.29, 1.82) is 0 Å². The molecule has 0 spiro atoms. The van der Waals surface area contributed by atoms with Crippen LogP contribution in [0, 0.1) is 5.41 Å². The summed E-state index contributed by atoms with van der Waals surface area (Å²) in [6, 6.07) is 16.7. The van der Waals surface area contributed by atoms with E-state index in [4.69, 9.17) is 10.3 Å². The Morgan fingerprint density at radius 3 is 2.38 bits per heavy atom. The van der Waals surface area contributed by atoms with Crippen molar-refractivity contribution in [1.82, 2.24) is 15.1 Å². The highest BCUT2D eigenvalue weighted by Crippen LogP contribution is 2.45. The zero-order chi connectivity index (χ0) is 28.5. The van der Waals surface area contributed by atoms with E-state index in [2.05, 4.69) is 30.5 Å². The predicted octanol–water partition coefficient (Wildman–Crippen LogP) is 3.62. The lowest BCUT2D eigenvalue weighted by molar-refractivity contribution is -0.120. The van der Waals surface area contributed by atoms with Gasteiger partial charge in [0.2, 0.25) is 17.6 Å². The molecular weight excluding hydrogens is 534 g/mol. The molecule has 0 radical (unpaired) electrons. The smallest absolute Gasteiger partial charge is 0.276 e. The largest absolute Gasteiger partial charge is 0.332 e. The van der Waals surface area contributed by atoms with Gasteiger partial charge in [0.25, 0.3) is 15.9 Å². The number of anilines is 3. The molecular formula is C27H27N7O5S. The van der Waals surface area contributed by atoms with Crippen LogP contribution < -0.4 is 21.1 Å². The van der Waals surface area contributed by atoms with E-state index in [9.17, 15) is 18.0 Å². The average molecular weight is 562 g/mol. The van der Waals surface area contributed by atoms with Crippen molar-refractivity contribution in [2.75, 3.05) is 15.4 Å². The number of pyridine rings is 1. The summed E-state index contributed by atoms with van der Waals surface area (Å²) in [6.07, 6.45) is 1.68. The number of nitrogens with one attached hydrogen (secondary N) is 3. The maximum Gasteiger partial charge on any atom is 0.276 e. The van der Waals surface area contributed by atoms with E-state index >= 15 is 0 Å². The second kappa shape index (κ2) is 10.5. The molecule has 12 nitrogen and oxygen atoms in total. The first-order chi connectivity index (χ1) is 19.0. The second-order valence-electron chi connectivity index (χ2n) is 9.83. The van der Waals surface area contributed by atoms with Gasteiger partial charge in [-0.3, -0.25) is 14.3 Å². The van der Waals surface area contributed by atoms with E-state index in [1.54, 1.807) is 61.5 Å². The Kier molecular flexibility index (Phi) is 7.08. The third kappa shape index (κ3) is 6.00. The van der Waals surface area contributed by atoms with Crippen LogP contribution in [0.2, 0.25) is 0 Å². The van der Waals surface area contributed by atoms with E-state index in [0.717, 1.165) is 12.8 Å². The van der Waals surface area contributed by atoms with Crippen molar-refractivity contribution < 1.29 is 22.5 Å². The molecule has 1 aliphatic rings. The van der Waals surface area contributed by atoms with E-state index in [1.165, 1.54) is 12.1 Å². The van der Waals surface area contributed by atoms with Crippen LogP contribution in [0.15, 0.2) is 76.1 Å². The summed E-state index contributed by atoms with van der Waals surface area (Å²) in [7, 11) is -3.91. The van der Waals surface area contributed by atoms with Crippen molar-refractivity contribution in [2.45, 2.75) is 37.6 Å². The molecule has 2 aromatic carbocycles. The monoisotopic (exact) mass is 561 g/mol. The van der Waals surface area contributed by atoms with Gasteiger partial charge in [-0.25, -0.2) is 13.4 Å². The molecule has 0 aliphatic heterocycles. The predicted molar refractivity (Wildman–Crippen MR) is 148 cm³/mol. The Bertz CT molecular complexity index is 1680. The van der Waals surface area contributed by atoms with E-state index in [-0.39, 0.29) is 39.7 Å². The number of rotatable bonds is 9. The number of nitrogens with zero attached hydrogens (tertiary/aromatic N) is 3. The Labute approximate surface area is 230 Å². The molecule has 0 unspecified atom stereocenters. The first kappa shape index (κ1) is 27.0. The molecule has 5 N–H and O–H groups in total. The van der Waals surface area contributed by atoms with Crippen molar-refractivity contribution >= 4 is 39.0 Å². The lowest BCUT2D eigenvalue weighted by atomic mass is 10.1. The number of hydrogen-bond donors (Lipinski definition) is 4. The van der Waals surface area contributed by atoms with Crippen LogP contribution >= 0.6 is 0 Å². The van der Waals surface area contributed by atoms with Crippen LogP contribution in [-0.4, -0.2) is 41.4 Å². The molecule has 2 amide bonds. The summed E-state index contributed by atoms with van der Waals surface area (Å²) >= 11 is 0. The van der Waals surface area contributed by atoms with Gasteiger partial charge in [-0.2, -0.15) is 4.98 Å². The molecule has 1 aliphatic carbocycles. The number of amides is 2. The summed E-state index contributed by atoms with van der Waals surface area (Å²) in [5.41, 5.74) is 6.92. The molecule has 0 saturated heterocycles. The molecule has 4 aromatic rings. The highest BCUT2D eigenvalue weighted by atomic mass is 32.2. The molecule has 206 valence electrons. The third-order valence-electron chi connectivity index (χ3n) is 6.40. The summed E-state index contributed by atoms with van der Waals surface area (Å²) in [5.74, 6) is 0.165. The third-order valence-corrected chi connectivity index (χ3v) is 7.80. The summed E-state index contributed by atoms with van der Waals surface area (Å²) in [4.78, 5) is 32.9. The van der Waals surface area contributed by atoms with Crippen LogP contribution in [-0.2, 0) is 19.6 Å². The number of carbonyl (C=O) groups excluding carboxylic acids is 2. The second-order valence-corrected chi connectivity index (χ2v) is 11.5. The number of sulfonamides is 1. The first-order valence-electron chi connectivity index (χ1n) is 12.4. The fourth-order valence-electron chi connectivity index (χ4n) is 3.66. The van der Waals surface area contributed by atoms with Gasteiger partial charge < -0.3 is 20.9 Å². The van der Waals surface area contributed by atoms with Crippen molar-refractivity contribution in [2.24, 2.45) is 11.1 Å². The normalized spacial score (nSPS) is 14.7. The number of benzene rings is 2. The zero-order valence-electron chi connectivity index (χ0n) is 21.7. The molecule has 1 atom stereocenters. The van der Waals surface area contributed by atoms with Gasteiger partial charge in [0.05, 0.1) is 16.6 Å². The topological polar surface area (TPSA) is 182 Å². The van der Waals surface area contributed by atoms with E-state index < -0.39 is 16.1 Å².